The van der Waals surface area contributed by atoms with Gasteiger partial charge in [-0.1, -0.05) is 153 Å². The summed E-state index contributed by atoms with van der Waals surface area (Å²) in [4.78, 5) is 2.77. The van der Waals surface area contributed by atoms with Gasteiger partial charge in [0.2, 0.25) is 0 Å². The molecule has 9 aromatic rings. The van der Waals surface area contributed by atoms with Crippen LogP contribution in [0.4, 0.5) is 27.8 Å². The number of thiophene rings is 2. The van der Waals surface area contributed by atoms with Gasteiger partial charge in [-0.25, -0.2) is 0 Å². The summed E-state index contributed by atoms with van der Waals surface area (Å²) < 4.78 is 4.13. The van der Waals surface area contributed by atoms with Crippen molar-refractivity contribution in [2.24, 2.45) is 0 Å². The van der Waals surface area contributed by atoms with E-state index in [2.05, 4.69) is 232 Å². The third-order valence-electron chi connectivity index (χ3n) is 21.9. The Balaban J connectivity index is 1.10. The SMILES string of the molecule is Cc1cc2c(cc1N1c3sc4cc5c(cc4c3[B]c3c(-c4c(Nc6ccc7c(c6)C(C)(C)CCC7(C)C)ccc6c4sc4cc7c(cc46)C(C)(C)CCC7(C)C)cc4ccccc4c31)C(C)(C)CCC5(C)C)C(C)(C)CCC2(C)C. The molecule has 0 amide bonds. The van der Waals surface area contributed by atoms with Gasteiger partial charge < -0.3 is 10.2 Å². The Labute approximate surface area is 487 Å². The van der Waals surface area contributed by atoms with E-state index in [0.717, 1.165) is 11.4 Å². The van der Waals surface area contributed by atoms with Crippen LogP contribution in [-0.2, 0) is 43.3 Å². The van der Waals surface area contributed by atoms with Gasteiger partial charge >= 0.3 is 0 Å². The van der Waals surface area contributed by atoms with Crippen LogP contribution >= 0.6 is 22.7 Å². The van der Waals surface area contributed by atoms with E-state index in [1.807, 2.05) is 22.7 Å². The Kier molecular flexibility index (Phi) is 11.1. The van der Waals surface area contributed by atoms with Gasteiger partial charge in [0.1, 0.15) is 0 Å². The van der Waals surface area contributed by atoms with Gasteiger partial charge in [-0.05, 0) is 234 Å². The average molecular weight is 1090 g/mol. The second kappa shape index (κ2) is 16.9. The molecule has 5 heteroatoms. The summed E-state index contributed by atoms with van der Waals surface area (Å²) in [6, 6.07) is 39.9. The fraction of sp³-hybridized carbons (Fsp3) is 0.440. The zero-order chi connectivity index (χ0) is 56.4. The van der Waals surface area contributed by atoms with E-state index < -0.39 is 0 Å². The molecule has 4 aliphatic carbocycles. The van der Waals surface area contributed by atoms with Crippen molar-refractivity contribution in [1.29, 1.82) is 0 Å². The van der Waals surface area contributed by atoms with Crippen LogP contribution in [0.3, 0.4) is 0 Å². The Bertz CT molecular complexity index is 4160. The highest BCUT2D eigenvalue weighted by Crippen LogP contribution is 2.57. The average Bonchev–Trinajstić information content (AvgIpc) is 2.47. The van der Waals surface area contributed by atoms with Crippen molar-refractivity contribution in [2.75, 3.05) is 10.2 Å². The third-order valence-corrected chi connectivity index (χ3v) is 24.2. The van der Waals surface area contributed by atoms with Crippen LogP contribution in [0.25, 0.3) is 52.2 Å². The van der Waals surface area contributed by atoms with Crippen molar-refractivity contribution in [3.05, 3.63) is 147 Å². The van der Waals surface area contributed by atoms with Gasteiger partial charge in [-0.15, -0.1) is 22.7 Å². The molecule has 3 heterocycles. The molecule has 0 spiro atoms. The highest BCUT2D eigenvalue weighted by Gasteiger charge is 2.44. The predicted octanol–water partition coefficient (Wildman–Crippen LogP) is 21.0. The van der Waals surface area contributed by atoms with E-state index in [1.54, 1.807) is 0 Å². The zero-order valence-electron chi connectivity index (χ0n) is 51.2. The first kappa shape index (κ1) is 52.7. The number of anilines is 5. The number of hydrogen-bond donors (Lipinski definition) is 1. The van der Waals surface area contributed by atoms with Gasteiger partial charge in [0, 0.05) is 52.9 Å². The number of hydrogen-bond acceptors (Lipinski definition) is 4. The van der Waals surface area contributed by atoms with Crippen LogP contribution in [0.15, 0.2) is 97.1 Å². The maximum atomic E-state index is 4.24. The van der Waals surface area contributed by atoms with Crippen LogP contribution in [0.1, 0.15) is 212 Å². The molecule has 1 N–H and O–H groups in total. The van der Waals surface area contributed by atoms with E-state index in [9.17, 15) is 0 Å². The molecular formula is C75H84BN2S2. The number of aryl methyl sites for hydroxylation is 1. The molecule has 0 fully saturated rings. The second-order valence-electron chi connectivity index (χ2n) is 31.1. The smallest absolute Gasteiger partial charge is 0.199 e. The lowest BCUT2D eigenvalue weighted by atomic mass is 9.57. The minimum absolute atomic E-state index is 0.0455. The lowest BCUT2D eigenvalue weighted by Gasteiger charge is -2.43. The van der Waals surface area contributed by atoms with Crippen LogP contribution in [-0.4, -0.2) is 7.28 Å². The maximum Gasteiger partial charge on any atom is 0.199 e. The lowest BCUT2D eigenvalue weighted by molar-refractivity contribution is 0.332. The number of nitrogens with one attached hydrogen (secondary N) is 1. The number of benzene rings is 7. The molecule has 7 aromatic carbocycles. The first-order valence-corrected chi connectivity index (χ1v) is 32.0. The van der Waals surface area contributed by atoms with Gasteiger partial charge in [0.15, 0.2) is 7.28 Å². The molecule has 0 saturated carbocycles. The van der Waals surface area contributed by atoms with Gasteiger partial charge in [0.05, 0.1) is 10.7 Å². The summed E-state index contributed by atoms with van der Waals surface area (Å²) in [5, 5.41) is 12.2. The summed E-state index contributed by atoms with van der Waals surface area (Å²) >= 11 is 4.03. The standard InChI is InChI=1S/C75H84BN2S2/c1-42-34-51-55(73(12,13)31-28-69(51,4)5)39-59(42)78-65-45-21-19-18-20-43(45)35-49(63(65)76-64-48-38-54-57(41-61(48)80-67(64)78)75(16,17)33-30-72(54,10)11)62-58(77-44-22-24-50-52(36-44)70(6,7)27-26-68(50,2)3)25-23-46-47-37-53-56(40-60(47)79-66(46)62)74(14,15)32-29-71(53,8)9/h18-25,34-41,77H,26-33H2,1-17H3. The van der Waals surface area contributed by atoms with Crippen LogP contribution in [0.5, 0.6) is 0 Å². The van der Waals surface area contributed by atoms with Crippen molar-refractivity contribution in [3.8, 4) is 11.1 Å². The van der Waals surface area contributed by atoms with Crippen LogP contribution in [0.2, 0.25) is 0 Å². The molecule has 14 rings (SSSR count). The molecule has 0 unspecified atom stereocenters. The lowest BCUT2D eigenvalue weighted by Crippen LogP contribution is -2.41. The van der Waals surface area contributed by atoms with E-state index in [4.69, 9.17) is 0 Å². The number of fused-ring (bicyclic) bond motifs is 13. The fourth-order valence-corrected chi connectivity index (χ4v) is 18.4. The number of nitrogens with zero attached hydrogens (tertiary/aromatic N) is 1. The Hall–Kier alpha value is -5.36. The van der Waals surface area contributed by atoms with Crippen molar-refractivity contribution in [3.63, 3.8) is 0 Å². The first-order valence-electron chi connectivity index (χ1n) is 30.4. The van der Waals surface area contributed by atoms with Crippen LogP contribution < -0.4 is 21.1 Å². The molecule has 0 atom stereocenters. The molecule has 2 nitrogen and oxygen atoms in total. The first-order chi connectivity index (χ1) is 37.5. The van der Waals surface area contributed by atoms with Crippen LogP contribution in [0, 0.1) is 6.92 Å². The van der Waals surface area contributed by atoms with Crippen molar-refractivity contribution >= 4 is 110 Å². The minimum atomic E-state index is 0.0455. The summed E-state index contributed by atoms with van der Waals surface area (Å²) in [6.45, 7) is 42.0. The van der Waals surface area contributed by atoms with Crippen molar-refractivity contribution in [2.45, 2.75) is 212 Å². The quantitative estimate of drug-likeness (QED) is 0.177. The highest BCUT2D eigenvalue weighted by molar-refractivity contribution is 7.26. The molecule has 2 aromatic heterocycles. The molecule has 1 radical (unpaired) electrons. The molecular weight excluding hydrogens is 1000 g/mol. The summed E-state index contributed by atoms with van der Waals surface area (Å²) in [6.07, 6.45) is 9.52. The molecule has 409 valence electrons. The summed E-state index contributed by atoms with van der Waals surface area (Å²) in [5.74, 6) is 0. The molecule has 1 aliphatic heterocycles. The van der Waals surface area contributed by atoms with Gasteiger partial charge in [-0.3, -0.25) is 0 Å². The van der Waals surface area contributed by atoms with Gasteiger partial charge in [0.25, 0.3) is 0 Å². The van der Waals surface area contributed by atoms with E-state index >= 15 is 0 Å². The Morgan fingerprint density at radius 2 is 0.912 bits per heavy atom. The largest absolute Gasteiger partial charge is 0.355 e. The Morgan fingerprint density at radius 1 is 0.425 bits per heavy atom. The monoisotopic (exact) mass is 1090 g/mol. The van der Waals surface area contributed by atoms with Gasteiger partial charge in [-0.2, -0.15) is 0 Å². The van der Waals surface area contributed by atoms with E-state index in [-0.39, 0.29) is 43.3 Å². The maximum absolute atomic E-state index is 4.24. The van der Waals surface area contributed by atoms with E-state index in [0.29, 0.717) is 0 Å². The normalized spacial score (nSPS) is 21.0. The Morgan fingerprint density at radius 3 is 1.50 bits per heavy atom. The predicted molar refractivity (Wildman–Crippen MR) is 353 cm³/mol. The molecule has 5 aliphatic rings. The second-order valence-corrected chi connectivity index (χ2v) is 33.2. The molecule has 0 bridgehead atoms. The summed E-state index contributed by atoms with van der Waals surface area (Å²) in [5.41, 5.74) is 24.3. The minimum Gasteiger partial charge on any atom is -0.355 e. The third kappa shape index (κ3) is 7.73. The zero-order valence-corrected chi connectivity index (χ0v) is 52.9. The van der Waals surface area contributed by atoms with Crippen molar-refractivity contribution in [1.82, 2.24) is 0 Å². The van der Waals surface area contributed by atoms with Crippen molar-refractivity contribution < 1.29 is 0 Å². The van der Waals surface area contributed by atoms with E-state index in [1.165, 1.54) is 181 Å². The fourth-order valence-electron chi connectivity index (χ4n) is 15.9. The molecule has 0 saturated heterocycles. The number of rotatable bonds is 4. The molecule has 80 heavy (non-hydrogen) atoms. The highest BCUT2D eigenvalue weighted by atomic mass is 32.1. The topological polar surface area (TPSA) is 15.3 Å². The summed E-state index contributed by atoms with van der Waals surface area (Å²) in [7, 11) is 2.65.